The lowest BCUT2D eigenvalue weighted by atomic mass is 10.1. The monoisotopic (exact) mass is 333 g/mol. The summed E-state index contributed by atoms with van der Waals surface area (Å²) in [5.41, 5.74) is 1.19. The van der Waals surface area contributed by atoms with Gasteiger partial charge in [-0.25, -0.2) is 0 Å². The minimum absolute atomic E-state index is 0.236. The number of aryl methyl sites for hydroxylation is 1. The molecule has 0 saturated carbocycles. The van der Waals surface area contributed by atoms with E-state index in [1.807, 2.05) is 12.1 Å². The zero-order valence-electron chi connectivity index (χ0n) is 15.3. The molecule has 0 aromatic heterocycles. The summed E-state index contributed by atoms with van der Waals surface area (Å²) in [5.74, 6) is 1.15. The molecule has 0 unspecified atom stereocenters. The SMILES string of the molecule is CC(=O)CCc1ccc(OCCCCN2C[C@H](C)O[C@@H](C)C2)cc1. The maximum absolute atomic E-state index is 11.0. The molecule has 0 amide bonds. The van der Waals surface area contributed by atoms with Gasteiger partial charge in [0, 0.05) is 19.5 Å². The number of ether oxygens (including phenoxy) is 2. The second kappa shape index (κ2) is 9.80. The molecule has 0 N–H and O–H groups in total. The van der Waals surface area contributed by atoms with Gasteiger partial charge in [0.25, 0.3) is 0 Å². The second-order valence-corrected chi connectivity index (χ2v) is 6.92. The largest absolute Gasteiger partial charge is 0.494 e. The summed E-state index contributed by atoms with van der Waals surface area (Å²) in [7, 11) is 0. The first kappa shape index (κ1) is 18.9. The number of nitrogens with zero attached hydrogens (tertiary/aromatic N) is 1. The summed E-state index contributed by atoms with van der Waals surface area (Å²) in [6, 6.07) is 8.10. The van der Waals surface area contributed by atoms with Crippen molar-refractivity contribution in [2.45, 2.75) is 58.7 Å². The van der Waals surface area contributed by atoms with Gasteiger partial charge in [-0.1, -0.05) is 12.1 Å². The first-order valence-corrected chi connectivity index (χ1v) is 9.12. The fourth-order valence-electron chi connectivity index (χ4n) is 3.17. The molecule has 1 heterocycles. The first-order valence-electron chi connectivity index (χ1n) is 9.12. The van der Waals surface area contributed by atoms with E-state index >= 15 is 0 Å². The van der Waals surface area contributed by atoms with E-state index < -0.39 is 0 Å². The third-order valence-electron chi connectivity index (χ3n) is 4.32. The van der Waals surface area contributed by atoms with Crippen LogP contribution in [0.3, 0.4) is 0 Å². The van der Waals surface area contributed by atoms with Crippen molar-refractivity contribution in [1.82, 2.24) is 4.90 Å². The van der Waals surface area contributed by atoms with E-state index in [0.29, 0.717) is 18.6 Å². The Morgan fingerprint density at radius 1 is 1.17 bits per heavy atom. The highest BCUT2D eigenvalue weighted by Gasteiger charge is 2.21. The molecule has 1 aromatic rings. The standard InChI is InChI=1S/C20H31NO3/c1-16(22)6-7-19-8-10-20(11-9-19)23-13-5-4-12-21-14-17(2)24-18(3)15-21/h8-11,17-18H,4-7,12-15H2,1-3H3/t17-,18-/m0/s1. The summed E-state index contributed by atoms with van der Waals surface area (Å²) in [6.45, 7) is 9.86. The van der Waals surface area contributed by atoms with Gasteiger partial charge >= 0.3 is 0 Å². The lowest BCUT2D eigenvalue weighted by Gasteiger charge is -2.35. The average molecular weight is 333 g/mol. The van der Waals surface area contributed by atoms with Gasteiger partial charge < -0.3 is 14.3 Å². The normalized spacial score (nSPS) is 21.6. The predicted molar refractivity (Wildman–Crippen MR) is 96.6 cm³/mol. The third kappa shape index (κ3) is 7.02. The Balaban J connectivity index is 1.59. The fourth-order valence-corrected chi connectivity index (χ4v) is 3.17. The topological polar surface area (TPSA) is 38.8 Å². The maximum Gasteiger partial charge on any atom is 0.130 e. The Labute approximate surface area is 146 Å². The van der Waals surface area contributed by atoms with E-state index in [0.717, 1.165) is 51.3 Å². The lowest BCUT2D eigenvalue weighted by Crippen LogP contribution is -2.45. The molecule has 24 heavy (non-hydrogen) atoms. The number of hydrogen-bond acceptors (Lipinski definition) is 4. The van der Waals surface area contributed by atoms with Crippen LogP contribution in [0.4, 0.5) is 0 Å². The van der Waals surface area contributed by atoms with Crippen LogP contribution in [0.15, 0.2) is 24.3 Å². The van der Waals surface area contributed by atoms with Crippen molar-refractivity contribution in [2.75, 3.05) is 26.2 Å². The Kier molecular flexibility index (Phi) is 7.73. The highest BCUT2D eigenvalue weighted by atomic mass is 16.5. The van der Waals surface area contributed by atoms with Crippen LogP contribution in [0.25, 0.3) is 0 Å². The van der Waals surface area contributed by atoms with Crippen LogP contribution < -0.4 is 4.74 Å². The van der Waals surface area contributed by atoms with E-state index in [-0.39, 0.29) is 5.78 Å². The van der Waals surface area contributed by atoms with Crippen LogP contribution in [0.2, 0.25) is 0 Å². The molecule has 134 valence electrons. The van der Waals surface area contributed by atoms with Crippen LogP contribution in [-0.4, -0.2) is 49.1 Å². The molecule has 0 aliphatic carbocycles. The molecule has 1 fully saturated rings. The summed E-state index contributed by atoms with van der Waals surface area (Å²) in [5, 5.41) is 0. The molecule has 2 atom stereocenters. The van der Waals surface area contributed by atoms with Crippen LogP contribution in [0, 0.1) is 0 Å². The van der Waals surface area contributed by atoms with Gasteiger partial charge in [-0.2, -0.15) is 0 Å². The Morgan fingerprint density at radius 2 is 1.83 bits per heavy atom. The van der Waals surface area contributed by atoms with Gasteiger partial charge in [-0.05, 0) is 64.3 Å². The van der Waals surface area contributed by atoms with Crippen molar-refractivity contribution in [3.63, 3.8) is 0 Å². The quantitative estimate of drug-likeness (QED) is 0.649. The van der Waals surface area contributed by atoms with Crippen LogP contribution in [0.5, 0.6) is 5.75 Å². The number of Topliss-reactive ketones (excluding diaryl/α,β-unsaturated/α-hetero) is 1. The third-order valence-corrected chi connectivity index (χ3v) is 4.32. The van der Waals surface area contributed by atoms with Crippen molar-refractivity contribution in [3.8, 4) is 5.75 Å². The summed E-state index contributed by atoms with van der Waals surface area (Å²) < 4.78 is 11.6. The fraction of sp³-hybridized carbons (Fsp3) is 0.650. The predicted octanol–water partition coefficient (Wildman–Crippen LogP) is 3.48. The van der Waals surface area contributed by atoms with Crippen molar-refractivity contribution in [1.29, 1.82) is 0 Å². The van der Waals surface area contributed by atoms with Crippen molar-refractivity contribution in [3.05, 3.63) is 29.8 Å². The first-order chi connectivity index (χ1) is 11.5. The molecule has 2 rings (SSSR count). The molecular weight excluding hydrogens is 302 g/mol. The number of carbonyl (C=O) groups is 1. The molecule has 1 aliphatic heterocycles. The molecule has 1 saturated heterocycles. The highest BCUT2D eigenvalue weighted by molar-refractivity contribution is 5.75. The Hall–Kier alpha value is -1.39. The molecule has 1 aromatic carbocycles. The molecule has 1 aliphatic rings. The van der Waals surface area contributed by atoms with E-state index in [1.165, 1.54) is 5.56 Å². The highest BCUT2D eigenvalue weighted by Crippen LogP contribution is 2.15. The van der Waals surface area contributed by atoms with E-state index in [4.69, 9.17) is 9.47 Å². The number of morpholine rings is 1. The van der Waals surface area contributed by atoms with Crippen molar-refractivity contribution in [2.24, 2.45) is 0 Å². The van der Waals surface area contributed by atoms with Crippen molar-refractivity contribution >= 4 is 5.78 Å². The number of carbonyl (C=O) groups excluding carboxylic acids is 1. The minimum atomic E-state index is 0.236. The van der Waals surface area contributed by atoms with Crippen molar-refractivity contribution < 1.29 is 14.3 Å². The summed E-state index contributed by atoms with van der Waals surface area (Å²) >= 11 is 0. The zero-order valence-corrected chi connectivity index (χ0v) is 15.3. The van der Waals surface area contributed by atoms with Crippen LogP contribution in [-0.2, 0) is 16.0 Å². The molecule has 4 heteroatoms. The Bertz CT molecular complexity index is 490. The number of benzene rings is 1. The minimum Gasteiger partial charge on any atom is -0.494 e. The number of unbranched alkanes of at least 4 members (excludes halogenated alkanes) is 1. The van der Waals surface area contributed by atoms with Gasteiger partial charge in [0.1, 0.15) is 11.5 Å². The molecule has 4 nitrogen and oxygen atoms in total. The van der Waals surface area contributed by atoms with Gasteiger partial charge in [0.2, 0.25) is 0 Å². The van der Waals surface area contributed by atoms with Gasteiger partial charge in [0.15, 0.2) is 0 Å². The maximum atomic E-state index is 11.0. The van der Waals surface area contributed by atoms with E-state index in [1.54, 1.807) is 6.92 Å². The number of rotatable bonds is 9. The molecule has 0 spiro atoms. The lowest BCUT2D eigenvalue weighted by molar-refractivity contribution is -0.116. The molecule has 0 radical (unpaired) electrons. The molecule has 0 bridgehead atoms. The van der Waals surface area contributed by atoms with E-state index in [9.17, 15) is 4.79 Å². The van der Waals surface area contributed by atoms with Crippen LogP contribution >= 0.6 is 0 Å². The van der Waals surface area contributed by atoms with Gasteiger partial charge in [-0.3, -0.25) is 4.90 Å². The van der Waals surface area contributed by atoms with Gasteiger partial charge in [0.05, 0.1) is 18.8 Å². The zero-order chi connectivity index (χ0) is 17.4. The number of ketones is 1. The molecular formula is C20H31NO3. The van der Waals surface area contributed by atoms with Crippen LogP contribution in [0.1, 0.15) is 45.6 Å². The average Bonchev–Trinajstić information content (AvgIpc) is 2.53. The van der Waals surface area contributed by atoms with Gasteiger partial charge in [-0.15, -0.1) is 0 Å². The second-order valence-electron chi connectivity index (χ2n) is 6.92. The Morgan fingerprint density at radius 3 is 2.46 bits per heavy atom. The summed E-state index contributed by atoms with van der Waals surface area (Å²) in [4.78, 5) is 13.5. The summed E-state index contributed by atoms with van der Waals surface area (Å²) in [6.07, 6.45) is 4.31. The van der Waals surface area contributed by atoms with E-state index in [2.05, 4.69) is 30.9 Å². The number of hydrogen-bond donors (Lipinski definition) is 0. The smallest absolute Gasteiger partial charge is 0.130 e.